The molecule has 0 saturated carbocycles. The van der Waals surface area contributed by atoms with Gasteiger partial charge in [-0.2, -0.15) is 0 Å². The minimum atomic E-state index is -0.419. The fourth-order valence-corrected chi connectivity index (χ4v) is 3.09. The topological polar surface area (TPSA) is 51.1 Å². The summed E-state index contributed by atoms with van der Waals surface area (Å²) >= 11 is 0. The van der Waals surface area contributed by atoms with Crippen LogP contribution in [0.15, 0.2) is 24.3 Å². The summed E-state index contributed by atoms with van der Waals surface area (Å²) in [6.07, 6.45) is -0.165. The summed E-state index contributed by atoms with van der Waals surface area (Å²) in [7, 11) is 0. The SMILES string of the molecule is CC[NH+]1CCN(C(=O)C[C@@H]2OC(=O)c3ccccc32)CC1. The number of ether oxygens (including phenoxy) is 1. The number of rotatable bonds is 3. The first-order chi connectivity index (χ1) is 10.2. The number of esters is 1. The zero-order valence-corrected chi connectivity index (χ0v) is 12.3. The summed E-state index contributed by atoms with van der Waals surface area (Å²) in [4.78, 5) is 27.6. The van der Waals surface area contributed by atoms with Crippen LogP contribution in [0.1, 0.15) is 35.4 Å². The van der Waals surface area contributed by atoms with Gasteiger partial charge in [-0.3, -0.25) is 4.79 Å². The van der Waals surface area contributed by atoms with Gasteiger partial charge in [-0.1, -0.05) is 18.2 Å². The third-order valence-corrected chi connectivity index (χ3v) is 4.46. The number of amides is 1. The fourth-order valence-electron chi connectivity index (χ4n) is 3.09. The maximum absolute atomic E-state index is 12.4. The smallest absolute Gasteiger partial charge is 0.339 e. The van der Waals surface area contributed by atoms with Crippen molar-refractivity contribution >= 4 is 11.9 Å². The number of nitrogens with one attached hydrogen (secondary N) is 1. The highest BCUT2D eigenvalue weighted by molar-refractivity contribution is 5.94. The van der Waals surface area contributed by atoms with Crippen LogP contribution in [-0.4, -0.2) is 49.5 Å². The number of piperazine rings is 1. The molecule has 0 spiro atoms. The monoisotopic (exact) mass is 289 g/mol. The molecule has 5 nitrogen and oxygen atoms in total. The van der Waals surface area contributed by atoms with Crippen molar-refractivity contribution in [1.29, 1.82) is 0 Å². The van der Waals surface area contributed by atoms with E-state index in [0.717, 1.165) is 38.3 Å². The molecule has 0 aliphatic carbocycles. The molecule has 1 fully saturated rings. The molecule has 21 heavy (non-hydrogen) atoms. The Hall–Kier alpha value is -1.88. The largest absolute Gasteiger partial charge is 0.453 e. The Kier molecular flexibility index (Phi) is 3.92. The zero-order chi connectivity index (χ0) is 14.8. The minimum absolute atomic E-state index is 0.0830. The number of benzene rings is 1. The standard InChI is InChI=1S/C16H20N2O3/c1-2-17-7-9-18(10-8-17)15(19)11-14-12-5-3-4-6-13(12)16(20)21-14/h3-6,14H,2,7-11H2,1H3/p+1/t14-/m0/s1. The summed E-state index contributed by atoms with van der Waals surface area (Å²) in [5, 5.41) is 0. The van der Waals surface area contributed by atoms with Crippen LogP contribution in [0.25, 0.3) is 0 Å². The van der Waals surface area contributed by atoms with Crippen LogP contribution in [0.4, 0.5) is 0 Å². The third-order valence-electron chi connectivity index (χ3n) is 4.46. The zero-order valence-electron chi connectivity index (χ0n) is 12.3. The number of quaternary nitrogens is 1. The average molecular weight is 289 g/mol. The summed E-state index contributed by atoms with van der Waals surface area (Å²) in [5.41, 5.74) is 1.43. The lowest BCUT2D eigenvalue weighted by molar-refractivity contribution is -0.902. The van der Waals surface area contributed by atoms with Gasteiger partial charge < -0.3 is 14.5 Å². The van der Waals surface area contributed by atoms with Gasteiger partial charge in [0.25, 0.3) is 0 Å². The lowest BCUT2D eigenvalue weighted by Gasteiger charge is -2.32. The molecule has 0 aromatic heterocycles. The molecule has 1 aromatic carbocycles. The first-order valence-electron chi connectivity index (χ1n) is 7.60. The fraction of sp³-hybridized carbons (Fsp3) is 0.500. The normalized spacial score (nSPS) is 22.0. The van der Waals surface area contributed by atoms with E-state index in [-0.39, 0.29) is 18.3 Å². The highest BCUT2D eigenvalue weighted by Gasteiger charge is 2.34. The quantitative estimate of drug-likeness (QED) is 0.799. The second-order valence-electron chi connectivity index (χ2n) is 5.67. The Bertz CT molecular complexity index is 550. The van der Waals surface area contributed by atoms with Gasteiger partial charge in [-0.25, -0.2) is 4.79 Å². The van der Waals surface area contributed by atoms with Crippen LogP contribution in [0.5, 0.6) is 0 Å². The summed E-state index contributed by atoms with van der Waals surface area (Å²) in [6, 6.07) is 7.32. The van der Waals surface area contributed by atoms with E-state index >= 15 is 0 Å². The van der Waals surface area contributed by atoms with Crippen LogP contribution in [-0.2, 0) is 9.53 Å². The second-order valence-corrected chi connectivity index (χ2v) is 5.67. The van der Waals surface area contributed by atoms with Gasteiger partial charge >= 0.3 is 5.97 Å². The molecular formula is C16H21N2O3+. The Morgan fingerprint density at radius 2 is 2.05 bits per heavy atom. The predicted octanol–water partition coefficient (Wildman–Crippen LogP) is 0.0352. The van der Waals surface area contributed by atoms with E-state index in [1.54, 1.807) is 6.07 Å². The summed E-state index contributed by atoms with van der Waals surface area (Å²) in [5.74, 6) is -0.233. The molecule has 1 saturated heterocycles. The van der Waals surface area contributed by atoms with E-state index in [1.165, 1.54) is 4.90 Å². The third kappa shape index (κ3) is 2.78. The molecular weight excluding hydrogens is 268 g/mol. The van der Waals surface area contributed by atoms with E-state index in [9.17, 15) is 9.59 Å². The van der Waals surface area contributed by atoms with E-state index in [4.69, 9.17) is 4.74 Å². The van der Waals surface area contributed by atoms with E-state index < -0.39 is 6.10 Å². The van der Waals surface area contributed by atoms with Gasteiger partial charge in [-0.15, -0.1) is 0 Å². The molecule has 5 heteroatoms. The van der Waals surface area contributed by atoms with Crippen molar-refractivity contribution in [1.82, 2.24) is 4.90 Å². The Labute approximate surface area is 124 Å². The van der Waals surface area contributed by atoms with Gasteiger partial charge in [0.1, 0.15) is 6.10 Å². The molecule has 1 amide bonds. The van der Waals surface area contributed by atoms with Crippen LogP contribution in [0.3, 0.4) is 0 Å². The molecule has 2 aliphatic heterocycles. The van der Waals surface area contributed by atoms with Gasteiger partial charge in [0, 0.05) is 5.56 Å². The molecule has 1 aromatic rings. The van der Waals surface area contributed by atoms with E-state index in [1.807, 2.05) is 23.1 Å². The molecule has 1 atom stereocenters. The van der Waals surface area contributed by atoms with Crippen LogP contribution >= 0.6 is 0 Å². The number of carbonyl (C=O) groups excluding carboxylic acids is 2. The number of hydrogen-bond donors (Lipinski definition) is 1. The van der Waals surface area contributed by atoms with E-state index in [2.05, 4.69) is 6.92 Å². The average Bonchev–Trinajstić information content (AvgIpc) is 2.84. The Balaban J connectivity index is 1.63. The van der Waals surface area contributed by atoms with Crippen molar-refractivity contribution in [2.45, 2.75) is 19.4 Å². The van der Waals surface area contributed by atoms with Crippen molar-refractivity contribution in [3.63, 3.8) is 0 Å². The lowest BCUT2D eigenvalue weighted by Crippen LogP contribution is -3.14. The van der Waals surface area contributed by atoms with Crippen LogP contribution in [0.2, 0.25) is 0 Å². The highest BCUT2D eigenvalue weighted by Crippen LogP contribution is 2.33. The molecule has 0 bridgehead atoms. The maximum Gasteiger partial charge on any atom is 0.339 e. The number of likely N-dealkylation sites (N-methyl/N-ethyl adjacent to an activating group) is 1. The number of carbonyl (C=O) groups is 2. The summed E-state index contributed by atoms with van der Waals surface area (Å²) in [6.45, 7) is 6.87. The van der Waals surface area contributed by atoms with Crippen molar-refractivity contribution in [2.24, 2.45) is 0 Å². The predicted molar refractivity (Wildman–Crippen MR) is 77.0 cm³/mol. The van der Waals surface area contributed by atoms with Crippen molar-refractivity contribution < 1.29 is 19.2 Å². The second kappa shape index (κ2) is 5.85. The molecule has 3 rings (SSSR count). The molecule has 2 aliphatic rings. The van der Waals surface area contributed by atoms with Crippen LogP contribution < -0.4 is 4.90 Å². The Morgan fingerprint density at radius 1 is 1.33 bits per heavy atom. The first kappa shape index (κ1) is 14.1. The molecule has 112 valence electrons. The van der Waals surface area contributed by atoms with Gasteiger partial charge in [0.15, 0.2) is 0 Å². The Morgan fingerprint density at radius 3 is 2.76 bits per heavy atom. The highest BCUT2D eigenvalue weighted by atomic mass is 16.5. The van der Waals surface area contributed by atoms with E-state index in [0.29, 0.717) is 5.56 Å². The molecule has 1 N–H and O–H groups in total. The van der Waals surface area contributed by atoms with Gasteiger partial charge in [0.2, 0.25) is 5.91 Å². The molecule has 2 heterocycles. The van der Waals surface area contributed by atoms with Crippen molar-refractivity contribution in [3.05, 3.63) is 35.4 Å². The first-order valence-corrected chi connectivity index (χ1v) is 7.60. The molecule has 0 radical (unpaired) electrons. The lowest BCUT2D eigenvalue weighted by atomic mass is 10.0. The molecule has 0 unspecified atom stereocenters. The summed E-state index contributed by atoms with van der Waals surface area (Å²) < 4.78 is 5.34. The number of hydrogen-bond acceptors (Lipinski definition) is 3. The van der Waals surface area contributed by atoms with Gasteiger partial charge in [0.05, 0.1) is 44.7 Å². The maximum atomic E-state index is 12.4. The number of cyclic esters (lactones) is 1. The number of nitrogens with zero attached hydrogens (tertiary/aromatic N) is 1. The van der Waals surface area contributed by atoms with Crippen molar-refractivity contribution in [3.8, 4) is 0 Å². The minimum Gasteiger partial charge on any atom is -0.453 e. The number of fused-ring (bicyclic) bond motifs is 1. The van der Waals surface area contributed by atoms with Crippen molar-refractivity contribution in [2.75, 3.05) is 32.7 Å². The van der Waals surface area contributed by atoms with Crippen LogP contribution in [0, 0.1) is 0 Å². The van der Waals surface area contributed by atoms with Gasteiger partial charge in [-0.05, 0) is 13.0 Å².